The Kier molecular flexibility index (Phi) is 6.62. The fourth-order valence-corrected chi connectivity index (χ4v) is 6.36. The summed E-state index contributed by atoms with van der Waals surface area (Å²) in [5.41, 5.74) is 1.56. The van der Waals surface area contributed by atoms with Crippen LogP contribution in [0.3, 0.4) is 0 Å². The maximum Gasteiger partial charge on any atom is 0.333 e. The van der Waals surface area contributed by atoms with E-state index >= 15 is 0 Å². The summed E-state index contributed by atoms with van der Waals surface area (Å²) in [7, 11) is -3.94. The van der Waals surface area contributed by atoms with E-state index in [4.69, 9.17) is 20.9 Å². The highest BCUT2D eigenvalue weighted by molar-refractivity contribution is 7.84. The van der Waals surface area contributed by atoms with Gasteiger partial charge in [-0.15, -0.1) is 11.3 Å². The number of aromatic nitrogens is 2. The molecule has 0 amide bonds. The predicted molar refractivity (Wildman–Crippen MR) is 130 cm³/mol. The molecule has 2 aromatic heterocycles. The molecule has 0 spiro atoms. The van der Waals surface area contributed by atoms with Crippen LogP contribution < -0.4 is 10.5 Å². The van der Waals surface area contributed by atoms with Gasteiger partial charge in [0, 0.05) is 29.2 Å². The molecule has 3 unspecified atom stereocenters. The van der Waals surface area contributed by atoms with Crippen LogP contribution in [0.4, 0.5) is 10.2 Å². The number of nitrogens with one attached hydrogen (secondary N) is 1. The van der Waals surface area contributed by atoms with E-state index in [0.29, 0.717) is 34.7 Å². The summed E-state index contributed by atoms with van der Waals surface area (Å²) >= 11 is 6.83. The molecule has 0 saturated heterocycles. The van der Waals surface area contributed by atoms with E-state index in [-0.39, 0.29) is 34.8 Å². The van der Waals surface area contributed by atoms with Crippen molar-refractivity contribution in [1.29, 1.82) is 0 Å². The van der Waals surface area contributed by atoms with Crippen molar-refractivity contribution in [2.45, 2.75) is 25.3 Å². The van der Waals surface area contributed by atoms with Crippen LogP contribution in [0, 0.1) is 22.9 Å². The molecule has 12 heteroatoms. The highest BCUT2D eigenvalue weighted by Gasteiger charge is 2.56. The van der Waals surface area contributed by atoms with Crippen molar-refractivity contribution in [3.05, 3.63) is 74.6 Å². The van der Waals surface area contributed by atoms with Crippen LogP contribution in [-0.2, 0) is 20.9 Å². The van der Waals surface area contributed by atoms with E-state index in [1.54, 1.807) is 24.3 Å². The zero-order chi connectivity index (χ0) is 24.7. The molecule has 3 N–H and O–H groups in total. The van der Waals surface area contributed by atoms with Gasteiger partial charge in [0.1, 0.15) is 12.1 Å². The fraction of sp³-hybridized carbons (Fsp3) is 0.348. The minimum atomic E-state index is -3.94. The summed E-state index contributed by atoms with van der Waals surface area (Å²) in [5.74, 6) is 0.863. The lowest BCUT2D eigenvalue weighted by Gasteiger charge is -2.15. The van der Waals surface area contributed by atoms with E-state index in [1.807, 2.05) is 6.07 Å². The van der Waals surface area contributed by atoms with Gasteiger partial charge in [-0.3, -0.25) is 8.98 Å². The van der Waals surface area contributed by atoms with Gasteiger partial charge in [0.15, 0.2) is 5.13 Å². The van der Waals surface area contributed by atoms with Crippen molar-refractivity contribution in [2.24, 2.45) is 22.9 Å². The Morgan fingerprint density at radius 1 is 1.29 bits per heavy atom. The molecule has 0 radical (unpaired) electrons. The Morgan fingerprint density at radius 2 is 2.06 bits per heavy atom. The summed E-state index contributed by atoms with van der Waals surface area (Å²) in [5, 5.41) is 8.40. The number of rotatable bonds is 9. The number of benzene rings is 1. The number of ketones is 1. The summed E-state index contributed by atoms with van der Waals surface area (Å²) in [6, 6.07) is 8.87. The van der Waals surface area contributed by atoms with Gasteiger partial charge in [-0.25, -0.2) is 15.1 Å². The lowest BCUT2D eigenvalue weighted by molar-refractivity contribution is 0.104. The number of carbonyl (C=O) groups is 1. The molecule has 2 saturated carbocycles. The fourth-order valence-electron chi connectivity index (χ4n) is 4.90. The first-order chi connectivity index (χ1) is 16.7. The molecule has 5 rings (SSSR count). The third-order valence-electron chi connectivity index (χ3n) is 6.54. The number of thiophene rings is 1. The summed E-state index contributed by atoms with van der Waals surface area (Å²) in [6.07, 6.45) is 4.73. The normalized spacial score (nSPS) is 23.2. The molecule has 4 atom stereocenters. The first-order valence-corrected chi connectivity index (χ1v) is 13.7. The number of anilines is 1. The summed E-state index contributed by atoms with van der Waals surface area (Å²) < 4.78 is 41.4. The van der Waals surface area contributed by atoms with Gasteiger partial charge >= 0.3 is 10.3 Å². The molecule has 184 valence electrons. The van der Waals surface area contributed by atoms with Gasteiger partial charge in [0.05, 0.1) is 17.0 Å². The van der Waals surface area contributed by atoms with Crippen molar-refractivity contribution in [1.82, 2.24) is 9.97 Å². The molecule has 0 bridgehead atoms. The van der Waals surface area contributed by atoms with Crippen molar-refractivity contribution in [3.8, 4) is 0 Å². The van der Waals surface area contributed by atoms with Gasteiger partial charge in [-0.2, -0.15) is 12.8 Å². The molecule has 1 aromatic carbocycles. The number of halogens is 2. The molecule has 2 heterocycles. The highest BCUT2D eigenvalue weighted by Crippen LogP contribution is 2.55. The second-order valence-corrected chi connectivity index (χ2v) is 11.6. The third-order valence-corrected chi connectivity index (χ3v) is 8.20. The second kappa shape index (κ2) is 9.55. The molecule has 8 nitrogen and oxygen atoms in total. The molecule has 35 heavy (non-hydrogen) atoms. The van der Waals surface area contributed by atoms with Gasteiger partial charge in [0.2, 0.25) is 5.78 Å². The van der Waals surface area contributed by atoms with E-state index < -0.39 is 15.4 Å². The van der Waals surface area contributed by atoms with Crippen molar-refractivity contribution in [3.63, 3.8) is 0 Å². The van der Waals surface area contributed by atoms with E-state index in [0.717, 1.165) is 29.7 Å². The second-order valence-electron chi connectivity index (χ2n) is 8.94. The summed E-state index contributed by atoms with van der Waals surface area (Å²) in [4.78, 5) is 21.8. The maximum atomic E-state index is 14.7. The Balaban J connectivity index is 1.25. The monoisotopic (exact) mass is 536 g/mol. The van der Waals surface area contributed by atoms with Crippen LogP contribution in [0.15, 0.2) is 42.9 Å². The Bertz CT molecular complexity index is 1370. The molecule has 2 fully saturated rings. The number of nitrogens with zero attached hydrogens (tertiary/aromatic N) is 2. The lowest BCUT2D eigenvalue weighted by atomic mass is 10.0. The Labute approximate surface area is 211 Å². The molecular weight excluding hydrogens is 515 g/mol. The van der Waals surface area contributed by atoms with Gasteiger partial charge < -0.3 is 5.32 Å². The molecule has 3 aromatic rings. The van der Waals surface area contributed by atoms with Crippen LogP contribution in [0.5, 0.6) is 0 Å². The Morgan fingerprint density at radius 3 is 2.77 bits per heavy atom. The van der Waals surface area contributed by atoms with Crippen LogP contribution in [0.25, 0.3) is 0 Å². The quantitative estimate of drug-likeness (QED) is 0.398. The minimum absolute atomic E-state index is 0.0806. The number of nitrogens with two attached hydrogens (primary N) is 1. The van der Waals surface area contributed by atoms with Gasteiger partial charge in [-0.1, -0.05) is 23.7 Å². The van der Waals surface area contributed by atoms with Crippen LogP contribution in [0.2, 0.25) is 5.02 Å². The third kappa shape index (κ3) is 5.54. The minimum Gasteiger partial charge on any atom is -0.366 e. The molecular formula is C23H22ClFN4O4S2. The van der Waals surface area contributed by atoms with E-state index in [9.17, 15) is 17.6 Å². The van der Waals surface area contributed by atoms with Crippen LogP contribution in [-0.4, -0.2) is 36.8 Å². The van der Waals surface area contributed by atoms with Gasteiger partial charge in [-0.05, 0) is 54.4 Å². The van der Waals surface area contributed by atoms with Crippen molar-refractivity contribution >= 4 is 44.8 Å². The maximum absolute atomic E-state index is 14.7. The summed E-state index contributed by atoms with van der Waals surface area (Å²) in [6.45, 7) is 0.0806. The van der Waals surface area contributed by atoms with Crippen LogP contribution >= 0.6 is 22.9 Å². The average Bonchev–Trinajstić information content (AvgIpc) is 3.11. The number of fused-ring (bicyclic) bond motifs is 1. The predicted octanol–water partition coefficient (Wildman–Crippen LogP) is 3.81. The average molecular weight is 537 g/mol. The molecule has 0 aliphatic heterocycles. The zero-order valence-electron chi connectivity index (χ0n) is 18.4. The van der Waals surface area contributed by atoms with Gasteiger partial charge in [0.25, 0.3) is 0 Å². The van der Waals surface area contributed by atoms with E-state index in [2.05, 4.69) is 15.3 Å². The zero-order valence-corrected chi connectivity index (χ0v) is 20.7. The number of hydrogen-bond donors (Lipinski definition) is 2. The van der Waals surface area contributed by atoms with Crippen LogP contribution in [0.1, 0.15) is 39.2 Å². The number of carbonyl (C=O) groups excluding carboxylic acids is 1. The molecule has 2 aliphatic rings. The largest absolute Gasteiger partial charge is 0.366 e. The van der Waals surface area contributed by atoms with E-state index in [1.165, 1.54) is 12.5 Å². The van der Waals surface area contributed by atoms with Crippen molar-refractivity contribution < 1.29 is 21.8 Å². The lowest BCUT2D eigenvalue weighted by Crippen LogP contribution is -2.22. The highest BCUT2D eigenvalue weighted by atomic mass is 35.5. The topological polar surface area (TPSA) is 124 Å². The first kappa shape index (κ1) is 24.3. The first-order valence-electron chi connectivity index (χ1n) is 11.0. The smallest absolute Gasteiger partial charge is 0.333 e. The molecule has 2 aliphatic carbocycles. The SMILES string of the molecule is NS(=O)(=O)OCC1CC2C(Nc3ncncc3C(=O)c3cc(Cc4cccc(Cl)c4)c(F)s3)[C@@H]2C1. The Hall–Kier alpha value is -2.44. The van der Waals surface area contributed by atoms with Crippen molar-refractivity contribution in [2.75, 3.05) is 11.9 Å². The standard InChI is InChI=1S/C23H22ClFN4O4S2/c24-15-3-1-2-12(5-15)4-14-8-19(34-22(14)25)21(30)18-9-27-11-28-23(18)29-20-16-6-13(7-17(16)20)10-33-35(26,31)32/h1-3,5,8-9,11,13,16-17,20H,4,6-7,10H2,(H2,26,31,32)(H,27,28,29)/t13?,16-,17?,20?/m1/s1. The number of hydrogen-bond acceptors (Lipinski definition) is 8.